The van der Waals surface area contributed by atoms with E-state index in [2.05, 4.69) is 18.7 Å². The third kappa shape index (κ3) is 6.10. The van der Waals surface area contributed by atoms with Gasteiger partial charge in [-0.05, 0) is 55.4 Å². The lowest BCUT2D eigenvalue weighted by molar-refractivity contribution is -0.118. The Balaban J connectivity index is 0.00000341. The van der Waals surface area contributed by atoms with Gasteiger partial charge in [-0.2, -0.15) is 0 Å². The highest BCUT2D eigenvalue weighted by Crippen LogP contribution is 2.33. The van der Waals surface area contributed by atoms with E-state index in [0.29, 0.717) is 18.0 Å². The Labute approximate surface area is 199 Å². The zero-order valence-corrected chi connectivity index (χ0v) is 20.7. The molecule has 0 saturated carbocycles. The molecule has 0 bridgehead atoms. The molecule has 0 spiro atoms. The number of benzene rings is 2. The largest absolute Gasteiger partial charge is 0.497 e. The van der Waals surface area contributed by atoms with E-state index in [1.807, 2.05) is 48.2 Å². The number of fused-ring (bicyclic) bond motifs is 1. The van der Waals surface area contributed by atoms with Gasteiger partial charge < -0.3 is 9.64 Å². The van der Waals surface area contributed by atoms with Crippen LogP contribution in [0.4, 0.5) is 5.13 Å². The summed E-state index contributed by atoms with van der Waals surface area (Å²) in [6.45, 7) is 9.54. The van der Waals surface area contributed by atoms with Crippen molar-refractivity contribution < 1.29 is 9.53 Å². The fourth-order valence-electron chi connectivity index (χ4n) is 3.33. The first-order valence-electron chi connectivity index (χ1n) is 10.2. The standard InChI is InChI=1S/C23H28ClN3O2S.ClH/c1-5-26(6-2)13-14-27(21(28)15-17-7-9-18(29-4)10-8-17)23-25-22-16(3)19(24)11-12-20(22)30-23;/h7-12H,5-6,13-15H2,1-4H3;1H. The van der Waals surface area contributed by atoms with Gasteiger partial charge >= 0.3 is 0 Å². The molecule has 0 aliphatic rings. The number of aryl methyl sites for hydroxylation is 1. The van der Waals surface area contributed by atoms with Crippen molar-refractivity contribution in [2.24, 2.45) is 0 Å². The van der Waals surface area contributed by atoms with Crippen LogP contribution in [0.5, 0.6) is 5.75 Å². The van der Waals surface area contributed by atoms with Crippen LogP contribution >= 0.6 is 35.3 Å². The lowest BCUT2D eigenvalue weighted by Crippen LogP contribution is -2.39. The molecule has 8 heteroatoms. The predicted molar refractivity (Wildman–Crippen MR) is 133 cm³/mol. The molecule has 0 fully saturated rings. The van der Waals surface area contributed by atoms with Crippen LogP contribution in [0.3, 0.4) is 0 Å². The Hall–Kier alpha value is -1.86. The number of aromatic nitrogens is 1. The first-order chi connectivity index (χ1) is 14.5. The molecule has 1 amide bonds. The number of nitrogens with zero attached hydrogens (tertiary/aromatic N) is 3. The van der Waals surface area contributed by atoms with Gasteiger partial charge in [-0.25, -0.2) is 4.98 Å². The van der Waals surface area contributed by atoms with Gasteiger partial charge in [-0.15, -0.1) is 12.4 Å². The molecular weight excluding hydrogens is 453 g/mol. The zero-order valence-electron chi connectivity index (χ0n) is 18.4. The van der Waals surface area contributed by atoms with Crippen LogP contribution in [0, 0.1) is 6.92 Å². The first-order valence-corrected chi connectivity index (χ1v) is 11.4. The van der Waals surface area contributed by atoms with Crippen LogP contribution in [0.25, 0.3) is 10.2 Å². The molecule has 0 unspecified atom stereocenters. The zero-order chi connectivity index (χ0) is 21.7. The van der Waals surface area contributed by atoms with Gasteiger partial charge in [-0.1, -0.05) is 48.9 Å². The molecule has 31 heavy (non-hydrogen) atoms. The number of carbonyl (C=O) groups is 1. The van der Waals surface area contributed by atoms with E-state index in [1.54, 1.807) is 7.11 Å². The second-order valence-electron chi connectivity index (χ2n) is 7.11. The maximum Gasteiger partial charge on any atom is 0.233 e. The minimum Gasteiger partial charge on any atom is -0.497 e. The van der Waals surface area contributed by atoms with Gasteiger partial charge in [-0.3, -0.25) is 9.69 Å². The quantitative estimate of drug-likeness (QED) is 0.398. The summed E-state index contributed by atoms with van der Waals surface area (Å²) in [5.74, 6) is 0.818. The second kappa shape index (κ2) is 11.7. The highest BCUT2D eigenvalue weighted by Gasteiger charge is 2.21. The van der Waals surface area contributed by atoms with E-state index in [0.717, 1.165) is 51.9 Å². The van der Waals surface area contributed by atoms with Crippen LogP contribution < -0.4 is 9.64 Å². The smallest absolute Gasteiger partial charge is 0.233 e. The summed E-state index contributed by atoms with van der Waals surface area (Å²) in [5.41, 5.74) is 2.77. The fourth-order valence-corrected chi connectivity index (χ4v) is 4.55. The van der Waals surface area contributed by atoms with E-state index in [-0.39, 0.29) is 18.3 Å². The van der Waals surface area contributed by atoms with Gasteiger partial charge in [0.1, 0.15) is 5.75 Å². The van der Waals surface area contributed by atoms with E-state index < -0.39 is 0 Å². The normalized spacial score (nSPS) is 10.9. The Kier molecular flexibility index (Phi) is 9.56. The van der Waals surface area contributed by atoms with E-state index in [1.165, 1.54) is 11.3 Å². The summed E-state index contributed by atoms with van der Waals surface area (Å²) < 4.78 is 6.25. The maximum atomic E-state index is 13.3. The maximum absolute atomic E-state index is 13.3. The molecule has 0 atom stereocenters. The van der Waals surface area contributed by atoms with Gasteiger partial charge in [0, 0.05) is 18.1 Å². The van der Waals surface area contributed by atoms with Crippen molar-refractivity contribution in [2.45, 2.75) is 27.2 Å². The van der Waals surface area contributed by atoms with Crippen molar-refractivity contribution in [1.82, 2.24) is 9.88 Å². The van der Waals surface area contributed by atoms with Crippen molar-refractivity contribution in [1.29, 1.82) is 0 Å². The van der Waals surface area contributed by atoms with Gasteiger partial charge in [0.15, 0.2) is 5.13 Å². The number of methoxy groups -OCH3 is 1. The molecule has 0 aliphatic carbocycles. The first kappa shape index (κ1) is 25.4. The summed E-state index contributed by atoms with van der Waals surface area (Å²) >= 11 is 7.82. The Morgan fingerprint density at radius 1 is 1.10 bits per heavy atom. The predicted octanol–water partition coefficient (Wildman–Crippen LogP) is 5.61. The second-order valence-corrected chi connectivity index (χ2v) is 8.53. The lowest BCUT2D eigenvalue weighted by atomic mass is 10.1. The molecule has 5 nitrogen and oxygen atoms in total. The number of ether oxygens (including phenoxy) is 1. The summed E-state index contributed by atoms with van der Waals surface area (Å²) in [5, 5.41) is 1.42. The molecule has 0 N–H and O–H groups in total. The van der Waals surface area contributed by atoms with Crippen molar-refractivity contribution >= 4 is 56.6 Å². The molecule has 3 aromatic rings. The Bertz CT molecular complexity index is 1000. The monoisotopic (exact) mass is 481 g/mol. The molecule has 0 saturated heterocycles. The number of rotatable bonds is 9. The molecule has 0 aliphatic heterocycles. The third-order valence-electron chi connectivity index (χ3n) is 5.32. The van der Waals surface area contributed by atoms with Crippen molar-refractivity contribution in [3.63, 3.8) is 0 Å². The fraction of sp³-hybridized carbons (Fsp3) is 0.391. The topological polar surface area (TPSA) is 45.7 Å². The lowest BCUT2D eigenvalue weighted by Gasteiger charge is -2.24. The minimum atomic E-state index is 0. The van der Waals surface area contributed by atoms with Crippen molar-refractivity contribution in [3.8, 4) is 5.75 Å². The highest BCUT2D eigenvalue weighted by molar-refractivity contribution is 7.22. The van der Waals surface area contributed by atoms with Crippen molar-refractivity contribution in [3.05, 3.63) is 52.5 Å². The summed E-state index contributed by atoms with van der Waals surface area (Å²) in [6, 6.07) is 11.5. The molecule has 3 rings (SSSR count). The number of thiazole rings is 1. The Morgan fingerprint density at radius 3 is 2.39 bits per heavy atom. The summed E-state index contributed by atoms with van der Waals surface area (Å²) in [6.07, 6.45) is 0.317. The number of likely N-dealkylation sites (N-methyl/N-ethyl adjacent to an activating group) is 1. The molecule has 1 heterocycles. The van der Waals surface area contributed by atoms with Crippen LogP contribution in [-0.4, -0.2) is 49.1 Å². The van der Waals surface area contributed by atoms with Crippen LogP contribution in [-0.2, 0) is 11.2 Å². The summed E-state index contributed by atoms with van der Waals surface area (Å²) in [4.78, 5) is 22.2. The molecule has 168 valence electrons. The van der Waals surface area contributed by atoms with Crippen molar-refractivity contribution in [2.75, 3.05) is 38.2 Å². The van der Waals surface area contributed by atoms with E-state index in [9.17, 15) is 4.79 Å². The SMILES string of the molecule is CCN(CC)CCN(C(=O)Cc1ccc(OC)cc1)c1nc2c(C)c(Cl)ccc2s1.Cl. The van der Waals surface area contributed by atoms with Gasteiger partial charge in [0.25, 0.3) is 0 Å². The number of carbonyl (C=O) groups excluding carboxylic acids is 1. The van der Waals surface area contributed by atoms with E-state index >= 15 is 0 Å². The molecule has 2 aromatic carbocycles. The number of anilines is 1. The number of hydrogen-bond acceptors (Lipinski definition) is 5. The number of halogens is 2. The Morgan fingerprint density at radius 2 is 1.77 bits per heavy atom. The molecule has 0 radical (unpaired) electrons. The number of amides is 1. The average Bonchev–Trinajstić information content (AvgIpc) is 3.19. The van der Waals surface area contributed by atoms with Crippen LogP contribution in [0.2, 0.25) is 5.02 Å². The summed E-state index contributed by atoms with van der Waals surface area (Å²) in [7, 11) is 1.64. The molecule has 1 aromatic heterocycles. The van der Waals surface area contributed by atoms with E-state index in [4.69, 9.17) is 21.3 Å². The highest BCUT2D eigenvalue weighted by atomic mass is 35.5. The van der Waals surface area contributed by atoms with Crippen LogP contribution in [0.1, 0.15) is 25.0 Å². The molecular formula is C23H29Cl2N3O2S. The third-order valence-corrected chi connectivity index (χ3v) is 6.77. The minimum absolute atomic E-state index is 0. The number of hydrogen-bond donors (Lipinski definition) is 0. The van der Waals surface area contributed by atoms with Gasteiger partial charge in [0.05, 0.1) is 23.7 Å². The van der Waals surface area contributed by atoms with Crippen LogP contribution in [0.15, 0.2) is 36.4 Å². The average molecular weight is 482 g/mol. The van der Waals surface area contributed by atoms with Gasteiger partial charge in [0.2, 0.25) is 5.91 Å².